The van der Waals surface area contributed by atoms with Crippen LogP contribution in [0.4, 0.5) is 14.6 Å². The zero-order valence-electron chi connectivity index (χ0n) is 16.7. The van der Waals surface area contributed by atoms with Gasteiger partial charge in [-0.1, -0.05) is 12.1 Å². The van der Waals surface area contributed by atoms with E-state index in [0.29, 0.717) is 34.1 Å². The topological polar surface area (TPSA) is 90.5 Å². The third kappa shape index (κ3) is 3.37. The SMILES string of the molecule is Cc1cc(NC(=O)c2ccccc2F)n(-c2ncnc3c2cnn3-c2ccc(F)cc2)n1. The third-order valence-corrected chi connectivity index (χ3v) is 4.81. The zero-order chi connectivity index (χ0) is 22.2. The molecular formula is C22H15F2N7O. The number of halogens is 2. The summed E-state index contributed by atoms with van der Waals surface area (Å²) in [5, 5.41) is 12.0. The van der Waals surface area contributed by atoms with Gasteiger partial charge in [-0.15, -0.1) is 0 Å². The molecule has 5 aromatic rings. The number of hydrogen-bond acceptors (Lipinski definition) is 5. The van der Waals surface area contributed by atoms with Crippen LogP contribution in [0.15, 0.2) is 67.1 Å². The van der Waals surface area contributed by atoms with E-state index >= 15 is 0 Å². The molecule has 0 aliphatic rings. The number of nitrogens with one attached hydrogen (secondary N) is 1. The first-order chi connectivity index (χ1) is 15.5. The van der Waals surface area contributed by atoms with E-state index in [0.717, 1.165) is 0 Å². The molecule has 0 bridgehead atoms. The Bertz CT molecular complexity index is 1460. The largest absolute Gasteiger partial charge is 0.306 e. The summed E-state index contributed by atoms with van der Waals surface area (Å²) < 4.78 is 30.3. The number of benzene rings is 2. The molecule has 10 heteroatoms. The van der Waals surface area contributed by atoms with E-state index < -0.39 is 11.7 Å². The minimum absolute atomic E-state index is 0.0881. The van der Waals surface area contributed by atoms with Gasteiger partial charge in [0.05, 0.1) is 28.5 Å². The predicted molar refractivity (Wildman–Crippen MR) is 113 cm³/mol. The number of amides is 1. The lowest BCUT2D eigenvalue weighted by atomic mass is 10.2. The van der Waals surface area contributed by atoms with Crippen molar-refractivity contribution in [1.29, 1.82) is 0 Å². The molecule has 3 heterocycles. The molecule has 158 valence electrons. The highest BCUT2D eigenvalue weighted by Crippen LogP contribution is 2.24. The van der Waals surface area contributed by atoms with Crippen LogP contribution in [0.2, 0.25) is 0 Å². The van der Waals surface area contributed by atoms with Gasteiger partial charge in [0.1, 0.15) is 23.8 Å². The number of anilines is 1. The van der Waals surface area contributed by atoms with E-state index in [4.69, 9.17) is 0 Å². The fraction of sp³-hybridized carbons (Fsp3) is 0.0455. The van der Waals surface area contributed by atoms with Crippen LogP contribution in [-0.4, -0.2) is 35.4 Å². The first-order valence-corrected chi connectivity index (χ1v) is 9.59. The fourth-order valence-electron chi connectivity index (χ4n) is 3.35. The van der Waals surface area contributed by atoms with Gasteiger partial charge in [-0.25, -0.2) is 23.4 Å². The first kappa shape index (κ1) is 19.5. The van der Waals surface area contributed by atoms with Gasteiger partial charge in [-0.05, 0) is 43.3 Å². The highest BCUT2D eigenvalue weighted by Gasteiger charge is 2.19. The molecule has 0 unspecified atom stereocenters. The van der Waals surface area contributed by atoms with E-state index in [1.165, 1.54) is 41.3 Å². The van der Waals surface area contributed by atoms with Crippen LogP contribution in [0.5, 0.6) is 0 Å². The second kappa shape index (κ2) is 7.65. The lowest BCUT2D eigenvalue weighted by Gasteiger charge is -2.09. The first-order valence-electron chi connectivity index (χ1n) is 9.59. The van der Waals surface area contributed by atoms with E-state index in [1.54, 1.807) is 42.1 Å². The van der Waals surface area contributed by atoms with E-state index in [-0.39, 0.29) is 11.4 Å². The van der Waals surface area contributed by atoms with Gasteiger partial charge in [0.15, 0.2) is 11.5 Å². The van der Waals surface area contributed by atoms with Gasteiger partial charge in [0.2, 0.25) is 0 Å². The summed E-state index contributed by atoms with van der Waals surface area (Å²) in [6.07, 6.45) is 2.91. The van der Waals surface area contributed by atoms with Crippen molar-refractivity contribution in [2.75, 3.05) is 5.32 Å². The predicted octanol–water partition coefficient (Wildman–Crippen LogP) is 3.84. The average molecular weight is 431 g/mol. The summed E-state index contributed by atoms with van der Waals surface area (Å²) in [4.78, 5) is 21.3. The zero-order valence-corrected chi connectivity index (χ0v) is 16.7. The van der Waals surface area contributed by atoms with Crippen LogP contribution < -0.4 is 5.32 Å². The van der Waals surface area contributed by atoms with Crippen molar-refractivity contribution >= 4 is 22.8 Å². The molecule has 32 heavy (non-hydrogen) atoms. The van der Waals surface area contributed by atoms with Crippen molar-refractivity contribution < 1.29 is 13.6 Å². The van der Waals surface area contributed by atoms with Crippen molar-refractivity contribution in [1.82, 2.24) is 29.5 Å². The molecule has 0 atom stereocenters. The Morgan fingerprint density at radius 3 is 2.56 bits per heavy atom. The molecule has 3 aromatic heterocycles. The Balaban J connectivity index is 1.57. The molecular weight excluding hydrogens is 416 g/mol. The smallest absolute Gasteiger partial charge is 0.259 e. The highest BCUT2D eigenvalue weighted by atomic mass is 19.1. The lowest BCUT2D eigenvalue weighted by molar-refractivity contribution is 0.102. The number of hydrogen-bond donors (Lipinski definition) is 1. The second-order valence-electron chi connectivity index (χ2n) is 6.98. The van der Waals surface area contributed by atoms with Crippen molar-refractivity contribution in [2.24, 2.45) is 0 Å². The third-order valence-electron chi connectivity index (χ3n) is 4.81. The van der Waals surface area contributed by atoms with E-state index in [1.807, 2.05) is 0 Å². The lowest BCUT2D eigenvalue weighted by Crippen LogP contribution is -2.17. The number of fused-ring (bicyclic) bond motifs is 1. The van der Waals surface area contributed by atoms with Gasteiger partial charge < -0.3 is 5.32 Å². The van der Waals surface area contributed by atoms with Gasteiger partial charge in [-0.2, -0.15) is 14.9 Å². The fourth-order valence-corrected chi connectivity index (χ4v) is 3.35. The van der Waals surface area contributed by atoms with Crippen LogP contribution in [0, 0.1) is 18.6 Å². The summed E-state index contributed by atoms with van der Waals surface area (Å²) in [6.45, 7) is 1.76. The standard InChI is InChI=1S/C22H15F2N7O/c1-13-10-19(28-22(32)16-4-2-3-5-18(16)24)31(29-13)21-17-11-27-30(20(17)25-12-26-21)15-8-6-14(23)7-9-15/h2-12H,1H3,(H,28,32). The molecule has 8 nitrogen and oxygen atoms in total. The summed E-state index contributed by atoms with van der Waals surface area (Å²) in [5.74, 6) is -0.914. The van der Waals surface area contributed by atoms with E-state index in [9.17, 15) is 13.6 Å². The molecule has 0 aliphatic heterocycles. The van der Waals surface area contributed by atoms with Gasteiger partial charge in [0, 0.05) is 6.07 Å². The van der Waals surface area contributed by atoms with Crippen molar-refractivity contribution in [3.8, 4) is 11.5 Å². The Kier molecular flexibility index (Phi) is 4.66. The summed E-state index contributed by atoms with van der Waals surface area (Å²) in [6, 6.07) is 13.2. The minimum Gasteiger partial charge on any atom is -0.306 e. The Morgan fingerprint density at radius 1 is 1.00 bits per heavy atom. The van der Waals surface area contributed by atoms with Crippen LogP contribution in [-0.2, 0) is 0 Å². The molecule has 0 spiro atoms. The Morgan fingerprint density at radius 2 is 1.78 bits per heavy atom. The van der Waals surface area contributed by atoms with Crippen molar-refractivity contribution in [3.63, 3.8) is 0 Å². The van der Waals surface area contributed by atoms with Gasteiger partial charge in [-0.3, -0.25) is 4.79 Å². The van der Waals surface area contributed by atoms with Gasteiger partial charge in [0.25, 0.3) is 5.91 Å². The van der Waals surface area contributed by atoms with Gasteiger partial charge >= 0.3 is 0 Å². The number of carbonyl (C=O) groups excluding carboxylic acids is 1. The number of aryl methyl sites for hydroxylation is 1. The molecule has 1 amide bonds. The van der Waals surface area contributed by atoms with Crippen LogP contribution in [0.1, 0.15) is 16.1 Å². The number of rotatable bonds is 4. The molecule has 2 aromatic carbocycles. The normalized spacial score (nSPS) is 11.1. The van der Waals surface area contributed by atoms with Crippen LogP contribution in [0.25, 0.3) is 22.5 Å². The maximum atomic E-state index is 14.0. The molecule has 0 aliphatic carbocycles. The number of aromatic nitrogens is 6. The average Bonchev–Trinajstić information content (AvgIpc) is 3.38. The summed E-state index contributed by atoms with van der Waals surface area (Å²) in [7, 11) is 0. The highest BCUT2D eigenvalue weighted by molar-refractivity contribution is 6.04. The quantitative estimate of drug-likeness (QED) is 0.467. The molecule has 1 N–H and O–H groups in total. The Labute approximate surface area is 180 Å². The Hall–Kier alpha value is -4.47. The molecule has 0 saturated carbocycles. The molecule has 0 fully saturated rings. The minimum atomic E-state index is -0.627. The molecule has 5 rings (SSSR count). The van der Waals surface area contributed by atoms with Crippen molar-refractivity contribution in [2.45, 2.75) is 6.92 Å². The molecule has 0 radical (unpaired) electrons. The van der Waals surface area contributed by atoms with Crippen molar-refractivity contribution in [3.05, 3.63) is 90.0 Å². The monoisotopic (exact) mass is 431 g/mol. The number of nitrogens with zero attached hydrogens (tertiary/aromatic N) is 6. The molecule has 0 saturated heterocycles. The maximum Gasteiger partial charge on any atom is 0.259 e. The number of carbonyl (C=O) groups is 1. The van der Waals surface area contributed by atoms with Crippen LogP contribution >= 0.6 is 0 Å². The second-order valence-corrected chi connectivity index (χ2v) is 6.98. The summed E-state index contributed by atoms with van der Waals surface area (Å²) >= 11 is 0. The summed E-state index contributed by atoms with van der Waals surface area (Å²) in [5.41, 5.74) is 1.62. The van der Waals surface area contributed by atoms with E-state index in [2.05, 4.69) is 25.5 Å². The van der Waals surface area contributed by atoms with Crippen LogP contribution in [0.3, 0.4) is 0 Å². The maximum absolute atomic E-state index is 14.0.